The van der Waals surface area contributed by atoms with Gasteiger partial charge in [-0.2, -0.15) is 5.10 Å². The lowest BCUT2D eigenvalue weighted by Crippen LogP contribution is -2.48. The Morgan fingerprint density at radius 3 is 2.81 bits per heavy atom. The molecule has 0 bridgehead atoms. The van der Waals surface area contributed by atoms with E-state index in [-0.39, 0.29) is 24.1 Å². The number of amidine groups is 1. The van der Waals surface area contributed by atoms with Gasteiger partial charge in [0.2, 0.25) is 0 Å². The molecule has 0 radical (unpaired) electrons. The lowest BCUT2D eigenvalue weighted by Gasteiger charge is -2.27. The number of ether oxygens (including phenoxy) is 1. The molecule has 3 heterocycles. The Kier molecular flexibility index (Phi) is 5.43. The summed E-state index contributed by atoms with van der Waals surface area (Å²) in [5.41, 5.74) is 6.55. The van der Waals surface area contributed by atoms with Gasteiger partial charge in [0.05, 0.1) is 16.9 Å². The normalized spacial score (nSPS) is 14.9. The van der Waals surface area contributed by atoms with Crippen molar-refractivity contribution in [1.82, 2.24) is 20.1 Å². The van der Waals surface area contributed by atoms with Crippen LogP contribution >= 0.6 is 0 Å². The van der Waals surface area contributed by atoms with Crippen molar-refractivity contribution in [3.63, 3.8) is 0 Å². The molecule has 11 heteroatoms. The zero-order chi connectivity index (χ0) is 22.9. The number of nitrogens with zero attached hydrogens (tertiary/aromatic N) is 4. The van der Waals surface area contributed by atoms with Gasteiger partial charge in [-0.25, -0.2) is 18.1 Å². The van der Waals surface area contributed by atoms with Crippen molar-refractivity contribution in [3.05, 3.63) is 71.7 Å². The highest BCUT2D eigenvalue weighted by molar-refractivity contribution is 7.89. The Morgan fingerprint density at radius 2 is 2.06 bits per heavy atom. The number of pyridine rings is 1. The highest BCUT2D eigenvalue weighted by atomic mass is 32.2. The molecule has 4 rings (SSSR count). The van der Waals surface area contributed by atoms with Gasteiger partial charge in [0.25, 0.3) is 15.9 Å². The second-order valence-electron chi connectivity index (χ2n) is 7.97. The number of hydrogen-bond donors (Lipinski definition) is 2. The summed E-state index contributed by atoms with van der Waals surface area (Å²) >= 11 is 0. The van der Waals surface area contributed by atoms with Gasteiger partial charge in [0, 0.05) is 24.2 Å². The Hall–Kier alpha value is -3.73. The van der Waals surface area contributed by atoms with E-state index >= 15 is 0 Å². The Labute approximate surface area is 185 Å². The van der Waals surface area contributed by atoms with Crippen LogP contribution in [-0.2, 0) is 15.8 Å². The van der Waals surface area contributed by atoms with Crippen LogP contribution in [0.25, 0.3) is 5.82 Å². The summed E-state index contributed by atoms with van der Waals surface area (Å²) in [6, 6.07) is 10.1. The molecule has 1 aliphatic heterocycles. The smallest absolute Gasteiger partial charge is 0.259 e. The van der Waals surface area contributed by atoms with Crippen LogP contribution < -0.4 is 15.8 Å². The van der Waals surface area contributed by atoms with Gasteiger partial charge in [0.1, 0.15) is 18.2 Å². The predicted molar refractivity (Wildman–Crippen MR) is 118 cm³/mol. The lowest BCUT2D eigenvalue weighted by atomic mass is 10.0. The van der Waals surface area contributed by atoms with E-state index in [0.717, 1.165) is 0 Å². The monoisotopic (exact) mass is 454 g/mol. The molecule has 1 aromatic carbocycles. The molecule has 2 aromatic heterocycles. The number of benzene rings is 1. The van der Waals surface area contributed by atoms with E-state index < -0.39 is 15.6 Å². The predicted octanol–water partition coefficient (Wildman–Crippen LogP) is 1.40. The maximum Gasteiger partial charge on any atom is 0.259 e. The Balaban J connectivity index is 1.47. The first kappa shape index (κ1) is 21.5. The minimum absolute atomic E-state index is 0.105. The number of carbonyl (C=O) groups is 1. The van der Waals surface area contributed by atoms with Crippen molar-refractivity contribution in [2.45, 2.75) is 25.1 Å². The number of nitrogens with two attached hydrogens (primary N) is 1. The van der Waals surface area contributed by atoms with Crippen LogP contribution in [0.3, 0.4) is 0 Å². The number of rotatable bonds is 6. The number of amides is 1. The van der Waals surface area contributed by atoms with Crippen molar-refractivity contribution < 1.29 is 17.9 Å². The van der Waals surface area contributed by atoms with Crippen molar-refractivity contribution in [3.8, 4) is 11.6 Å². The molecule has 0 atom stereocenters. The van der Waals surface area contributed by atoms with Crippen LogP contribution in [0.5, 0.6) is 5.75 Å². The maximum absolute atomic E-state index is 12.8. The highest BCUT2D eigenvalue weighted by Crippen LogP contribution is 2.28. The first-order valence-electron chi connectivity index (χ1n) is 9.75. The number of aromatic nitrogens is 3. The minimum Gasteiger partial charge on any atom is -0.490 e. The molecule has 10 nitrogen and oxygen atoms in total. The lowest BCUT2D eigenvalue weighted by molar-refractivity contribution is 0.0880. The number of carbonyl (C=O) groups excluding carboxylic acids is 1. The Bertz CT molecular complexity index is 1300. The van der Waals surface area contributed by atoms with Crippen LogP contribution in [-0.4, -0.2) is 47.1 Å². The molecule has 3 N–H and O–H groups in total. The van der Waals surface area contributed by atoms with Crippen LogP contribution in [0.1, 0.15) is 35.3 Å². The molecule has 1 amide bonds. The van der Waals surface area contributed by atoms with Crippen molar-refractivity contribution in [2.75, 3.05) is 6.61 Å². The summed E-state index contributed by atoms with van der Waals surface area (Å²) in [5, 5.41) is 7.06. The van der Waals surface area contributed by atoms with Gasteiger partial charge in [-0.3, -0.25) is 4.79 Å². The highest BCUT2D eigenvalue weighted by Gasteiger charge is 2.27. The van der Waals surface area contributed by atoms with Gasteiger partial charge in [-0.15, -0.1) is 4.40 Å². The SMILES string of the molecule is CC(C)(COc1cccc2c1C(N)=NS(=O)(=O)C2)NC(=O)c1ccnc(-n2cccn2)c1. The average molecular weight is 455 g/mol. The zero-order valence-electron chi connectivity index (χ0n) is 17.5. The van der Waals surface area contributed by atoms with Crippen LogP contribution in [0.4, 0.5) is 0 Å². The van der Waals surface area contributed by atoms with E-state index in [2.05, 4.69) is 19.8 Å². The molecular formula is C21H22N6O4S. The average Bonchev–Trinajstić information content (AvgIpc) is 3.26. The fourth-order valence-corrected chi connectivity index (χ4v) is 4.38. The molecule has 0 spiro atoms. The zero-order valence-corrected chi connectivity index (χ0v) is 18.3. The third-order valence-corrected chi connectivity index (χ3v) is 5.88. The fraction of sp³-hybridized carbons (Fsp3) is 0.238. The molecule has 166 valence electrons. The molecule has 3 aromatic rings. The third-order valence-electron chi connectivity index (χ3n) is 4.73. The number of fused-ring (bicyclic) bond motifs is 1. The van der Waals surface area contributed by atoms with E-state index in [9.17, 15) is 13.2 Å². The van der Waals surface area contributed by atoms with Gasteiger partial charge < -0.3 is 15.8 Å². The van der Waals surface area contributed by atoms with Gasteiger partial charge in [-0.1, -0.05) is 12.1 Å². The van der Waals surface area contributed by atoms with Crippen molar-refractivity contribution in [1.29, 1.82) is 0 Å². The summed E-state index contributed by atoms with van der Waals surface area (Å²) in [5.74, 6) is 0.299. The summed E-state index contributed by atoms with van der Waals surface area (Å²) < 4.78 is 34.8. The van der Waals surface area contributed by atoms with Crippen LogP contribution in [0.2, 0.25) is 0 Å². The summed E-state index contributed by atoms with van der Waals surface area (Å²) in [4.78, 5) is 17.0. The molecule has 1 aliphatic rings. The van der Waals surface area contributed by atoms with Gasteiger partial charge >= 0.3 is 0 Å². The van der Waals surface area contributed by atoms with E-state index in [1.807, 2.05) is 13.8 Å². The number of hydrogen-bond acceptors (Lipinski definition) is 7. The fourth-order valence-electron chi connectivity index (χ4n) is 3.30. The topological polar surface area (TPSA) is 142 Å². The maximum atomic E-state index is 12.8. The molecule has 0 saturated heterocycles. The van der Waals surface area contributed by atoms with E-state index in [4.69, 9.17) is 10.5 Å². The largest absolute Gasteiger partial charge is 0.490 e. The van der Waals surface area contributed by atoms with E-state index in [1.54, 1.807) is 59.7 Å². The summed E-state index contributed by atoms with van der Waals surface area (Å²) in [6.07, 6.45) is 4.91. The Morgan fingerprint density at radius 1 is 1.25 bits per heavy atom. The molecular weight excluding hydrogens is 432 g/mol. The summed E-state index contributed by atoms with van der Waals surface area (Å²) in [6.45, 7) is 3.75. The molecule has 32 heavy (non-hydrogen) atoms. The first-order chi connectivity index (χ1) is 15.1. The minimum atomic E-state index is -3.63. The summed E-state index contributed by atoms with van der Waals surface area (Å²) in [7, 11) is -3.63. The standard InChI is InChI=1S/C21H22N6O4S/c1-21(2,25-20(28)14-7-9-23-17(11-14)27-10-4-8-24-27)13-31-16-6-3-5-15-12-32(29,30)26-19(22)18(15)16/h3-11H,12-13H2,1-2H3,(H2,22,26)(H,25,28). The third kappa shape index (κ3) is 4.62. The number of sulfonamides is 1. The van der Waals surface area contributed by atoms with Crippen molar-refractivity contribution >= 4 is 21.8 Å². The van der Waals surface area contributed by atoms with E-state index in [1.165, 1.54) is 0 Å². The van der Waals surface area contributed by atoms with E-state index in [0.29, 0.717) is 28.3 Å². The number of nitrogens with one attached hydrogen (secondary N) is 1. The second kappa shape index (κ2) is 8.08. The van der Waals surface area contributed by atoms with Crippen LogP contribution in [0.15, 0.2) is 59.4 Å². The first-order valence-corrected chi connectivity index (χ1v) is 11.4. The molecule has 0 unspecified atom stereocenters. The van der Waals surface area contributed by atoms with Gasteiger partial charge in [-0.05, 0) is 43.7 Å². The molecule has 0 fully saturated rings. The quantitative estimate of drug-likeness (QED) is 0.573. The molecule has 0 saturated carbocycles. The molecule has 0 aliphatic carbocycles. The van der Waals surface area contributed by atoms with Gasteiger partial charge in [0.15, 0.2) is 5.82 Å². The van der Waals surface area contributed by atoms with Crippen molar-refractivity contribution in [2.24, 2.45) is 10.1 Å². The van der Waals surface area contributed by atoms with Crippen LogP contribution in [0, 0.1) is 0 Å². The second-order valence-corrected chi connectivity index (χ2v) is 9.61.